The first-order chi connectivity index (χ1) is 9.81. The van der Waals surface area contributed by atoms with Crippen molar-refractivity contribution in [2.24, 2.45) is 5.92 Å². The summed E-state index contributed by atoms with van der Waals surface area (Å²) < 4.78 is 0. The number of nitrogens with one attached hydrogen (secondary N) is 1. The van der Waals surface area contributed by atoms with Crippen molar-refractivity contribution in [2.75, 3.05) is 6.54 Å². The smallest absolute Gasteiger partial charge is 0.0406 e. The SMILES string of the molecule is Clc1ccc(C2CC(NCCCC3CCCC3)C2)cc1. The molecule has 0 amide bonds. The Morgan fingerprint density at radius 3 is 2.45 bits per heavy atom. The molecule has 0 atom stereocenters. The van der Waals surface area contributed by atoms with Crippen LogP contribution < -0.4 is 5.32 Å². The van der Waals surface area contributed by atoms with E-state index in [1.54, 1.807) is 0 Å². The second kappa shape index (κ2) is 6.95. The summed E-state index contributed by atoms with van der Waals surface area (Å²) in [5.74, 6) is 1.79. The fourth-order valence-electron chi connectivity index (χ4n) is 3.79. The summed E-state index contributed by atoms with van der Waals surface area (Å²) in [5.41, 5.74) is 1.46. The van der Waals surface area contributed by atoms with Gasteiger partial charge in [-0.05, 0) is 61.8 Å². The molecule has 0 unspecified atom stereocenters. The Hall–Kier alpha value is -0.530. The third-order valence-electron chi connectivity index (χ3n) is 5.18. The van der Waals surface area contributed by atoms with E-state index in [-0.39, 0.29) is 0 Å². The third-order valence-corrected chi connectivity index (χ3v) is 5.43. The molecule has 1 nitrogen and oxygen atoms in total. The highest BCUT2D eigenvalue weighted by atomic mass is 35.5. The van der Waals surface area contributed by atoms with E-state index in [1.165, 1.54) is 63.5 Å². The van der Waals surface area contributed by atoms with Crippen LogP contribution in [0.3, 0.4) is 0 Å². The Morgan fingerprint density at radius 1 is 1.05 bits per heavy atom. The molecule has 0 aliphatic heterocycles. The summed E-state index contributed by atoms with van der Waals surface area (Å²) in [6, 6.07) is 9.14. The molecule has 2 fully saturated rings. The van der Waals surface area contributed by atoms with Gasteiger partial charge < -0.3 is 5.32 Å². The third kappa shape index (κ3) is 3.77. The number of hydrogen-bond acceptors (Lipinski definition) is 1. The molecule has 2 aliphatic carbocycles. The Balaban J connectivity index is 1.29. The minimum atomic E-state index is 0.749. The summed E-state index contributed by atoms with van der Waals surface area (Å²) >= 11 is 5.93. The second-order valence-electron chi connectivity index (χ2n) is 6.66. The molecule has 0 heterocycles. The highest BCUT2D eigenvalue weighted by Gasteiger charge is 2.29. The van der Waals surface area contributed by atoms with Gasteiger partial charge in [0.2, 0.25) is 0 Å². The van der Waals surface area contributed by atoms with Crippen molar-refractivity contribution >= 4 is 11.6 Å². The molecule has 0 saturated heterocycles. The average molecular weight is 292 g/mol. The molecule has 1 N–H and O–H groups in total. The largest absolute Gasteiger partial charge is 0.314 e. The van der Waals surface area contributed by atoms with Crippen LogP contribution in [-0.2, 0) is 0 Å². The lowest BCUT2D eigenvalue weighted by Gasteiger charge is -2.36. The molecule has 2 heteroatoms. The summed E-state index contributed by atoms with van der Waals surface area (Å²) in [6.07, 6.45) is 11.3. The van der Waals surface area contributed by atoms with Gasteiger partial charge in [0.25, 0.3) is 0 Å². The molecule has 0 spiro atoms. The maximum Gasteiger partial charge on any atom is 0.0406 e. The van der Waals surface area contributed by atoms with Crippen LogP contribution in [0.4, 0.5) is 0 Å². The molecular formula is C18H26ClN. The monoisotopic (exact) mass is 291 g/mol. The average Bonchev–Trinajstić information content (AvgIpc) is 2.91. The van der Waals surface area contributed by atoms with E-state index < -0.39 is 0 Å². The van der Waals surface area contributed by atoms with E-state index in [0.29, 0.717) is 0 Å². The van der Waals surface area contributed by atoms with E-state index >= 15 is 0 Å². The zero-order chi connectivity index (χ0) is 13.8. The molecule has 2 saturated carbocycles. The quantitative estimate of drug-likeness (QED) is 0.715. The van der Waals surface area contributed by atoms with Crippen LogP contribution in [0.2, 0.25) is 5.02 Å². The molecule has 0 bridgehead atoms. The predicted octanol–water partition coefficient (Wildman–Crippen LogP) is 5.15. The van der Waals surface area contributed by atoms with Gasteiger partial charge in [0.15, 0.2) is 0 Å². The van der Waals surface area contributed by atoms with E-state index in [4.69, 9.17) is 11.6 Å². The van der Waals surface area contributed by atoms with Crippen LogP contribution in [-0.4, -0.2) is 12.6 Å². The van der Waals surface area contributed by atoms with Gasteiger partial charge >= 0.3 is 0 Å². The van der Waals surface area contributed by atoms with Gasteiger partial charge in [0.05, 0.1) is 0 Å². The lowest BCUT2D eigenvalue weighted by molar-refractivity contribution is 0.287. The van der Waals surface area contributed by atoms with Gasteiger partial charge in [-0.3, -0.25) is 0 Å². The van der Waals surface area contributed by atoms with Crippen LogP contribution >= 0.6 is 11.6 Å². The Bertz CT molecular complexity index is 402. The fourth-order valence-corrected chi connectivity index (χ4v) is 3.91. The van der Waals surface area contributed by atoms with Crippen molar-refractivity contribution in [1.82, 2.24) is 5.32 Å². The Labute approximate surface area is 128 Å². The summed E-state index contributed by atoms with van der Waals surface area (Å²) in [4.78, 5) is 0. The van der Waals surface area contributed by atoms with Gasteiger partial charge in [0.1, 0.15) is 0 Å². The maximum absolute atomic E-state index is 5.93. The van der Waals surface area contributed by atoms with E-state index in [1.807, 2.05) is 12.1 Å². The Morgan fingerprint density at radius 2 is 1.75 bits per heavy atom. The van der Waals surface area contributed by atoms with Crippen LogP contribution in [0, 0.1) is 5.92 Å². The number of benzene rings is 1. The molecule has 3 rings (SSSR count). The molecule has 2 aliphatic rings. The number of rotatable bonds is 6. The first-order valence-corrected chi connectivity index (χ1v) is 8.68. The van der Waals surface area contributed by atoms with Gasteiger partial charge in [-0.25, -0.2) is 0 Å². The molecule has 0 aromatic heterocycles. The minimum absolute atomic E-state index is 0.749. The molecule has 20 heavy (non-hydrogen) atoms. The van der Waals surface area contributed by atoms with E-state index in [0.717, 1.165) is 22.9 Å². The van der Waals surface area contributed by atoms with Gasteiger partial charge in [-0.1, -0.05) is 49.4 Å². The van der Waals surface area contributed by atoms with Crippen LogP contribution in [0.1, 0.15) is 62.8 Å². The number of halogens is 1. The summed E-state index contributed by atoms with van der Waals surface area (Å²) in [5, 5.41) is 4.57. The first kappa shape index (κ1) is 14.4. The van der Waals surface area contributed by atoms with E-state index in [9.17, 15) is 0 Å². The van der Waals surface area contributed by atoms with Crippen LogP contribution in [0.15, 0.2) is 24.3 Å². The predicted molar refractivity (Wildman–Crippen MR) is 86.4 cm³/mol. The fraction of sp³-hybridized carbons (Fsp3) is 0.667. The molecule has 1 aromatic carbocycles. The molecule has 110 valence electrons. The minimum Gasteiger partial charge on any atom is -0.314 e. The van der Waals surface area contributed by atoms with Crippen molar-refractivity contribution in [3.63, 3.8) is 0 Å². The van der Waals surface area contributed by atoms with Gasteiger partial charge in [-0.2, -0.15) is 0 Å². The molecular weight excluding hydrogens is 266 g/mol. The van der Waals surface area contributed by atoms with Gasteiger partial charge in [0, 0.05) is 11.1 Å². The van der Waals surface area contributed by atoms with Crippen LogP contribution in [0.25, 0.3) is 0 Å². The van der Waals surface area contributed by atoms with Crippen molar-refractivity contribution in [2.45, 2.75) is 63.3 Å². The second-order valence-corrected chi connectivity index (χ2v) is 7.10. The first-order valence-electron chi connectivity index (χ1n) is 8.30. The van der Waals surface area contributed by atoms with Crippen molar-refractivity contribution in [3.8, 4) is 0 Å². The summed E-state index contributed by atoms with van der Waals surface area (Å²) in [7, 11) is 0. The normalized spacial score (nSPS) is 26.6. The number of hydrogen-bond donors (Lipinski definition) is 1. The van der Waals surface area contributed by atoms with Gasteiger partial charge in [-0.15, -0.1) is 0 Å². The molecule has 1 aromatic rings. The van der Waals surface area contributed by atoms with Crippen LogP contribution in [0.5, 0.6) is 0 Å². The lowest BCUT2D eigenvalue weighted by Crippen LogP contribution is -2.40. The zero-order valence-electron chi connectivity index (χ0n) is 12.3. The van der Waals surface area contributed by atoms with Crippen molar-refractivity contribution in [3.05, 3.63) is 34.9 Å². The highest BCUT2D eigenvalue weighted by molar-refractivity contribution is 6.30. The summed E-state index contributed by atoms with van der Waals surface area (Å²) in [6.45, 7) is 1.22. The zero-order valence-corrected chi connectivity index (χ0v) is 13.0. The molecule has 0 radical (unpaired) electrons. The lowest BCUT2D eigenvalue weighted by atomic mass is 9.76. The topological polar surface area (TPSA) is 12.0 Å². The van der Waals surface area contributed by atoms with Crippen molar-refractivity contribution in [1.29, 1.82) is 0 Å². The van der Waals surface area contributed by atoms with Crippen molar-refractivity contribution < 1.29 is 0 Å². The highest BCUT2D eigenvalue weighted by Crippen LogP contribution is 2.37. The standard InChI is InChI=1S/C18H26ClN/c19-17-9-7-15(8-10-17)16-12-18(13-16)20-11-3-6-14-4-1-2-5-14/h7-10,14,16,18,20H,1-6,11-13H2. The van der Waals surface area contributed by atoms with E-state index in [2.05, 4.69) is 17.4 Å². The maximum atomic E-state index is 5.93. The Kier molecular flexibility index (Phi) is 5.01.